The van der Waals surface area contributed by atoms with E-state index in [1.807, 2.05) is 12.1 Å². The van der Waals surface area contributed by atoms with Crippen LogP contribution in [0.4, 0.5) is 0 Å². The zero-order valence-corrected chi connectivity index (χ0v) is 12.6. The average molecular weight is 313 g/mol. The van der Waals surface area contributed by atoms with Crippen molar-refractivity contribution in [3.05, 3.63) is 65.9 Å². The van der Waals surface area contributed by atoms with Crippen molar-refractivity contribution in [3.8, 4) is 0 Å². The van der Waals surface area contributed by atoms with Gasteiger partial charge in [0.15, 0.2) is 0 Å². The van der Waals surface area contributed by atoms with Crippen molar-refractivity contribution in [1.29, 1.82) is 0 Å². The molecule has 112 valence electrons. The second-order valence-corrected chi connectivity index (χ2v) is 7.37. The maximum absolute atomic E-state index is 12.8. The summed E-state index contributed by atoms with van der Waals surface area (Å²) in [6.45, 7) is 0. The smallest absolute Gasteiger partial charge is 0.268 e. The molecule has 1 aromatic heterocycles. The normalized spacial score (nSPS) is 17.8. The Morgan fingerprint density at radius 3 is 2.59 bits per heavy atom. The molecule has 0 radical (unpaired) electrons. The molecule has 1 aliphatic rings. The fourth-order valence-electron chi connectivity index (χ4n) is 3.21. The number of aromatic nitrogens is 1. The molecule has 0 saturated carbocycles. The highest BCUT2D eigenvalue weighted by Gasteiger charge is 2.25. The molecule has 1 N–H and O–H groups in total. The number of aryl methyl sites for hydroxylation is 1. The SMILES string of the molecule is O=S(=O)(c1ccccc1)n1ccc2c3c(ccc21)[C@@H](O)CC3. The highest BCUT2D eigenvalue weighted by atomic mass is 32.2. The highest BCUT2D eigenvalue weighted by Crippen LogP contribution is 2.37. The van der Waals surface area contributed by atoms with Gasteiger partial charge < -0.3 is 5.11 Å². The molecule has 5 heteroatoms. The van der Waals surface area contributed by atoms with Gasteiger partial charge in [-0.2, -0.15) is 0 Å². The maximum atomic E-state index is 12.8. The molecule has 4 rings (SSSR count). The van der Waals surface area contributed by atoms with E-state index < -0.39 is 16.1 Å². The molecule has 1 aliphatic carbocycles. The Hall–Kier alpha value is -2.11. The van der Waals surface area contributed by atoms with Crippen LogP contribution in [0.15, 0.2) is 59.6 Å². The number of fused-ring (bicyclic) bond motifs is 3. The lowest BCUT2D eigenvalue weighted by Gasteiger charge is -2.09. The largest absolute Gasteiger partial charge is 0.388 e. The number of hydrogen-bond acceptors (Lipinski definition) is 3. The lowest BCUT2D eigenvalue weighted by Crippen LogP contribution is -2.11. The Kier molecular flexibility index (Phi) is 2.89. The monoisotopic (exact) mass is 313 g/mol. The summed E-state index contributed by atoms with van der Waals surface area (Å²) in [5.74, 6) is 0. The number of benzene rings is 2. The molecular weight excluding hydrogens is 298 g/mol. The summed E-state index contributed by atoms with van der Waals surface area (Å²) >= 11 is 0. The molecule has 0 fully saturated rings. The Morgan fingerprint density at radius 2 is 1.82 bits per heavy atom. The first-order chi connectivity index (χ1) is 10.6. The van der Waals surface area contributed by atoms with Gasteiger partial charge in [-0.1, -0.05) is 24.3 Å². The van der Waals surface area contributed by atoms with E-state index >= 15 is 0 Å². The molecule has 0 aliphatic heterocycles. The molecule has 0 unspecified atom stereocenters. The van der Waals surface area contributed by atoms with Gasteiger partial charge in [-0.25, -0.2) is 12.4 Å². The minimum atomic E-state index is -3.60. The van der Waals surface area contributed by atoms with Crippen LogP contribution in [0.3, 0.4) is 0 Å². The quantitative estimate of drug-likeness (QED) is 0.791. The summed E-state index contributed by atoms with van der Waals surface area (Å²) in [6.07, 6.45) is 2.64. The zero-order chi connectivity index (χ0) is 15.3. The average Bonchev–Trinajstić information content (AvgIpc) is 3.12. The summed E-state index contributed by atoms with van der Waals surface area (Å²) < 4.78 is 26.9. The van der Waals surface area contributed by atoms with Crippen molar-refractivity contribution in [1.82, 2.24) is 3.97 Å². The van der Waals surface area contributed by atoms with E-state index in [0.717, 1.165) is 22.9 Å². The van der Waals surface area contributed by atoms with Crippen molar-refractivity contribution in [3.63, 3.8) is 0 Å². The first-order valence-corrected chi connectivity index (χ1v) is 8.64. The minimum absolute atomic E-state index is 0.271. The van der Waals surface area contributed by atoms with Crippen LogP contribution in [-0.4, -0.2) is 17.5 Å². The third-order valence-electron chi connectivity index (χ3n) is 4.31. The molecule has 0 amide bonds. The van der Waals surface area contributed by atoms with Crippen LogP contribution in [0, 0.1) is 0 Å². The maximum Gasteiger partial charge on any atom is 0.268 e. The van der Waals surface area contributed by atoms with Crippen LogP contribution < -0.4 is 0 Å². The van der Waals surface area contributed by atoms with Crippen molar-refractivity contribution >= 4 is 20.9 Å². The fourth-order valence-corrected chi connectivity index (χ4v) is 4.58. The Morgan fingerprint density at radius 1 is 1.05 bits per heavy atom. The van der Waals surface area contributed by atoms with Crippen LogP contribution in [0.25, 0.3) is 10.9 Å². The third-order valence-corrected chi connectivity index (χ3v) is 6.02. The summed E-state index contributed by atoms with van der Waals surface area (Å²) in [6, 6.07) is 13.9. The second kappa shape index (κ2) is 4.69. The van der Waals surface area contributed by atoms with E-state index in [4.69, 9.17) is 0 Å². The van der Waals surface area contributed by atoms with Gasteiger partial charge in [-0.3, -0.25) is 0 Å². The summed E-state index contributed by atoms with van der Waals surface area (Å²) in [4.78, 5) is 0.271. The zero-order valence-electron chi connectivity index (χ0n) is 11.8. The number of hydrogen-bond donors (Lipinski definition) is 1. The number of aliphatic hydroxyl groups is 1. The first kappa shape index (κ1) is 13.5. The van der Waals surface area contributed by atoms with Crippen LogP contribution in [0.5, 0.6) is 0 Å². The van der Waals surface area contributed by atoms with E-state index in [9.17, 15) is 13.5 Å². The summed E-state index contributed by atoms with van der Waals surface area (Å²) in [7, 11) is -3.60. The Bertz CT molecular complexity index is 958. The van der Waals surface area contributed by atoms with Crippen molar-refractivity contribution < 1.29 is 13.5 Å². The predicted molar refractivity (Wildman–Crippen MR) is 84.2 cm³/mol. The second-order valence-electron chi connectivity index (χ2n) is 5.55. The van der Waals surface area contributed by atoms with Crippen molar-refractivity contribution in [2.75, 3.05) is 0 Å². The van der Waals surface area contributed by atoms with E-state index in [0.29, 0.717) is 11.9 Å². The Balaban J connectivity index is 1.95. The van der Waals surface area contributed by atoms with Gasteiger partial charge in [0.1, 0.15) is 0 Å². The van der Waals surface area contributed by atoms with Crippen LogP contribution in [0.2, 0.25) is 0 Å². The molecule has 1 heterocycles. The van der Waals surface area contributed by atoms with E-state index in [1.165, 1.54) is 3.97 Å². The fraction of sp³-hybridized carbons (Fsp3) is 0.176. The lowest BCUT2D eigenvalue weighted by atomic mass is 10.1. The van der Waals surface area contributed by atoms with Gasteiger partial charge >= 0.3 is 0 Å². The molecule has 0 bridgehead atoms. The lowest BCUT2D eigenvalue weighted by molar-refractivity contribution is 0.180. The predicted octanol–water partition coefficient (Wildman–Crippen LogP) is 2.86. The van der Waals surface area contributed by atoms with Crippen LogP contribution in [0.1, 0.15) is 23.7 Å². The van der Waals surface area contributed by atoms with Gasteiger partial charge in [0.2, 0.25) is 0 Å². The molecule has 3 aromatic rings. The minimum Gasteiger partial charge on any atom is -0.388 e. The summed E-state index contributed by atoms with van der Waals surface area (Å²) in [5, 5.41) is 10.9. The van der Waals surface area contributed by atoms with Gasteiger partial charge in [0.05, 0.1) is 16.5 Å². The molecule has 0 spiro atoms. The molecular formula is C17H15NO3S. The van der Waals surface area contributed by atoms with E-state index in [1.54, 1.807) is 42.6 Å². The highest BCUT2D eigenvalue weighted by molar-refractivity contribution is 7.90. The molecule has 0 saturated heterocycles. The first-order valence-electron chi connectivity index (χ1n) is 7.20. The van der Waals surface area contributed by atoms with E-state index in [-0.39, 0.29) is 4.90 Å². The standard InChI is InChI=1S/C17H15NO3S/c19-17-9-7-13-14-10-11-18(16(14)8-6-15(13)17)22(20,21)12-4-2-1-3-5-12/h1-6,8,10-11,17,19H,7,9H2/t17-/m0/s1. The van der Waals surface area contributed by atoms with Gasteiger partial charge in [0.25, 0.3) is 10.0 Å². The summed E-state index contributed by atoms with van der Waals surface area (Å²) in [5.41, 5.74) is 2.64. The van der Waals surface area contributed by atoms with Crippen molar-refractivity contribution in [2.45, 2.75) is 23.8 Å². The molecule has 2 aromatic carbocycles. The van der Waals surface area contributed by atoms with Gasteiger partial charge in [-0.15, -0.1) is 0 Å². The molecule has 22 heavy (non-hydrogen) atoms. The number of nitrogens with zero attached hydrogens (tertiary/aromatic N) is 1. The van der Waals surface area contributed by atoms with Gasteiger partial charge in [-0.05, 0) is 48.2 Å². The van der Waals surface area contributed by atoms with E-state index in [2.05, 4.69) is 0 Å². The van der Waals surface area contributed by atoms with Gasteiger partial charge in [0, 0.05) is 11.6 Å². The topological polar surface area (TPSA) is 59.3 Å². The molecule has 1 atom stereocenters. The van der Waals surface area contributed by atoms with Crippen LogP contribution >= 0.6 is 0 Å². The third kappa shape index (κ3) is 1.82. The van der Waals surface area contributed by atoms with Crippen LogP contribution in [-0.2, 0) is 16.4 Å². The van der Waals surface area contributed by atoms with Crippen molar-refractivity contribution in [2.24, 2.45) is 0 Å². The number of rotatable bonds is 2. The molecule has 4 nitrogen and oxygen atoms in total. The Labute approximate surface area is 128 Å². The number of aliphatic hydroxyl groups excluding tert-OH is 1.